The summed E-state index contributed by atoms with van der Waals surface area (Å²) in [6, 6.07) is 7.65. The van der Waals surface area contributed by atoms with Crippen LogP contribution >= 0.6 is 11.6 Å². The topological polar surface area (TPSA) is 69.6 Å². The molecule has 1 aliphatic carbocycles. The Hall–Kier alpha value is -2.14. The minimum absolute atomic E-state index is 0.212. The number of nitrogens with zero attached hydrogens (tertiary/aromatic N) is 4. The lowest BCUT2D eigenvalue weighted by Crippen LogP contribution is -2.23. The van der Waals surface area contributed by atoms with Crippen molar-refractivity contribution in [3.05, 3.63) is 35.1 Å². The van der Waals surface area contributed by atoms with Crippen LogP contribution in [0.4, 0.5) is 5.82 Å². The molecular weight excluding hydrogens is 346 g/mol. The summed E-state index contributed by atoms with van der Waals surface area (Å²) < 4.78 is 1.97. The first kappa shape index (κ1) is 17.3. The minimum Gasteiger partial charge on any atom is -0.383 e. The molecule has 0 bridgehead atoms. The number of nitrogen functional groups attached to an aromatic ring is 1. The van der Waals surface area contributed by atoms with Gasteiger partial charge in [0.1, 0.15) is 17.3 Å². The van der Waals surface area contributed by atoms with E-state index in [0.29, 0.717) is 16.8 Å². The molecule has 0 amide bonds. The number of benzene rings is 1. The predicted molar refractivity (Wildman–Crippen MR) is 106 cm³/mol. The van der Waals surface area contributed by atoms with Crippen LogP contribution in [0.3, 0.4) is 0 Å². The van der Waals surface area contributed by atoms with Crippen LogP contribution in [0.15, 0.2) is 24.3 Å². The Labute approximate surface area is 158 Å². The van der Waals surface area contributed by atoms with Gasteiger partial charge < -0.3 is 5.73 Å². The summed E-state index contributed by atoms with van der Waals surface area (Å²) in [5.74, 6) is 1.78. The van der Waals surface area contributed by atoms with Crippen molar-refractivity contribution in [1.29, 1.82) is 0 Å². The third kappa shape index (κ3) is 2.94. The van der Waals surface area contributed by atoms with Gasteiger partial charge >= 0.3 is 0 Å². The molecule has 1 aromatic carbocycles. The van der Waals surface area contributed by atoms with Gasteiger partial charge in [-0.05, 0) is 45.7 Å². The fraction of sp³-hybridized carbons (Fsp3) is 0.450. The van der Waals surface area contributed by atoms with E-state index < -0.39 is 0 Å². The highest BCUT2D eigenvalue weighted by Crippen LogP contribution is 2.37. The smallest absolute Gasteiger partial charge is 0.164 e. The third-order valence-corrected chi connectivity index (χ3v) is 5.30. The molecule has 0 unspecified atom stereocenters. The van der Waals surface area contributed by atoms with Gasteiger partial charge in [0.05, 0.1) is 10.9 Å². The van der Waals surface area contributed by atoms with E-state index in [4.69, 9.17) is 27.4 Å². The first-order chi connectivity index (χ1) is 12.3. The van der Waals surface area contributed by atoms with Crippen molar-refractivity contribution in [2.24, 2.45) is 0 Å². The van der Waals surface area contributed by atoms with E-state index in [1.54, 1.807) is 0 Å². The molecule has 5 nitrogen and oxygen atoms in total. The molecule has 1 fully saturated rings. The first-order valence-electron chi connectivity index (χ1n) is 9.17. The monoisotopic (exact) mass is 369 g/mol. The van der Waals surface area contributed by atoms with Crippen LogP contribution in [0.2, 0.25) is 5.02 Å². The molecule has 0 atom stereocenters. The normalized spacial score (nSPS) is 15.8. The average molecular weight is 370 g/mol. The second kappa shape index (κ2) is 6.23. The number of anilines is 1. The van der Waals surface area contributed by atoms with E-state index in [1.807, 2.05) is 28.9 Å². The maximum absolute atomic E-state index is 6.42. The summed E-state index contributed by atoms with van der Waals surface area (Å²) in [5.41, 5.74) is 8.80. The van der Waals surface area contributed by atoms with Crippen LogP contribution in [0, 0.1) is 0 Å². The molecule has 3 aromatic rings. The Bertz CT molecular complexity index is 947. The highest BCUT2D eigenvalue weighted by atomic mass is 35.5. The zero-order valence-corrected chi connectivity index (χ0v) is 16.2. The van der Waals surface area contributed by atoms with Gasteiger partial charge in [-0.3, -0.25) is 0 Å². The van der Waals surface area contributed by atoms with E-state index in [9.17, 15) is 0 Å². The van der Waals surface area contributed by atoms with Crippen molar-refractivity contribution in [1.82, 2.24) is 19.7 Å². The molecule has 2 N–H and O–H groups in total. The number of nitrogens with two attached hydrogens (primary N) is 1. The highest BCUT2D eigenvalue weighted by molar-refractivity contribution is 6.30. The second-order valence-corrected chi connectivity index (χ2v) is 8.52. The highest BCUT2D eigenvalue weighted by Gasteiger charge is 2.27. The van der Waals surface area contributed by atoms with Crippen molar-refractivity contribution in [2.45, 2.75) is 57.9 Å². The minimum atomic E-state index is -0.212. The van der Waals surface area contributed by atoms with Crippen molar-refractivity contribution in [3.8, 4) is 11.3 Å². The van der Waals surface area contributed by atoms with Gasteiger partial charge in [-0.2, -0.15) is 5.10 Å². The Morgan fingerprint density at radius 3 is 2.35 bits per heavy atom. The Kier molecular flexibility index (Phi) is 4.14. The Balaban J connectivity index is 1.97. The largest absolute Gasteiger partial charge is 0.383 e. The summed E-state index contributed by atoms with van der Waals surface area (Å²) in [4.78, 5) is 9.60. The third-order valence-electron chi connectivity index (χ3n) is 5.05. The second-order valence-electron chi connectivity index (χ2n) is 8.09. The number of fused-ring (bicyclic) bond motifs is 1. The van der Waals surface area contributed by atoms with Gasteiger partial charge in [0, 0.05) is 16.5 Å². The molecule has 0 radical (unpaired) electrons. The summed E-state index contributed by atoms with van der Waals surface area (Å²) >= 11 is 6.04. The Morgan fingerprint density at radius 1 is 1.08 bits per heavy atom. The lowest BCUT2D eigenvalue weighted by Gasteiger charge is -2.20. The van der Waals surface area contributed by atoms with E-state index >= 15 is 0 Å². The molecule has 0 saturated heterocycles. The van der Waals surface area contributed by atoms with E-state index in [0.717, 1.165) is 41.0 Å². The lowest BCUT2D eigenvalue weighted by molar-refractivity contribution is 0.366. The van der Waals surface area contributed by atoms with Gasteiger partial charge in [-0.15, -0.1) is 0 Å². The molecule has 6 heteroatoms. The Morgan fingerprint density at radius 2 is 1.73 bits per heavy atom. The molecule has 2 aromatic heterocycles. The van der Waals surface area contributed by atoms with E-state index in [-0.39, 0.29) is 5.54 Å². The van der Waals surface area contributed by atoms with Crippen LogP contribution in [0.1, 0.15) is 58.2 Å². The predicted octanol–water partition coefficient (Wildman–Crippen LogP) is 5.14. The molecular formula is C20H24ClN5. The van der Waals surface area contributed by atoms with Crippen LogP contribution in [-0.4, -0.2) is 19.7 Å². The number of aromatic nitrogens is 4. The van der Waals surface area contributed by atoms with Crippen molar-refractivity contribution >= 4 is 28.5 Å². The lowest BCUT2D eigenvalue weighted by atomic mass is 10.1. The van der Waals surface area contributed by atoms with Gasteiger partial charge in [-0.25, -0.2) is 14.6 Å². The molecule has 1 saturated carbocycles. The first-order valence-corrected chi connectivity index (χ1v) is 9.55. The zero-order chi connectivity index (χ0) is 18.5. The molecule has 0 aliphatic heterocycles. The van der Waals surface area contributed by atoms with Crippen LogP contribution in [0.25, 0.3) is 22.3 Å². The summed E-state index contributed by atoms with van der Waals surface area (Å²) in [7, 11) is 0. The van der Waals surface area contributed by atoms with Gasteiger partial charge in [-0.1, -0.05) is 36.6 Å². The average Bonchev–Trinajstić information content (AvgIpc) is 3.22. The van der Waals surface area contributed by atoms with Crippen LogP contribution in [-0.2, 0) is 5.54 Å². The molecule has 4 rings (SSSR count). The van der Waals surface area contributed by atoms with Gasteiger partial charge in [0.15, 0.2) is 5.65 Å². The standard InChI is InChI=1S/C20H24ClN5/c1-20(2,3)26-19-15(16(25-26)12-8-10-14(21)11-9-12)17(22)23-18(24-19)13-6-4-5-7-13/h8-11,13H,4-7H2,1-3H3,(H2,22,23,24). The van der Waals surface area contributed by atoms with Crippen LogP contribution in [0.5, 0.6) is 0 Å². The van der Waals surface area contributed by atoms with Crippen molar-refractivity contribution in [3.63, 3.8) is 0 Å². The number of hydrogen-bond donors (Lipinski definition) is 1. The summed E-state index contributed by atoms with van der Waals surface area (Å²) in [6.07, 6.45) is 4.75. The van der Waals surface area contributed by atoms with E-state index in [1.165, 1.54) is 12.8 Å². The number of hydrogen-bond acceptors (Lipinski definition) is 4. The molecule has 1 aliphatic rings. The van der Waals surface area contributed by atoms with Gasteiger partial charge in [0.2, 0.25) is 0 Å². The number of rotatable bonds is 2. The van der Waals surface area contributed by atoms with Crippen LogP contribution < -0.4 is 5.73 Å². The van der Waals surface area contributed by atoms with E-state index in [2.05, 4.69) is 25.8 Å². The molecule has 136 valence electrons. The number of halogens is 1. The molecule has 2 heterocycles. The SMILES string of the molecule is CC(C)(C)n1nc(-c2ccc(Cl)cc2)c2c(N)nc(C3CCCC3)nc21. The molecule has 0 spiro atoms. The van der Waals surface area contributed by atoms with Crippen molar-refractivity contribution < 1.29 is 0 Å². The summed E-state index contributed by atoms with van der Waals surface area (Å²) in [5, 5.41) is 6.40. The van der Waals surface area contributed by atoms with Crippen molar-refractivity contribution in [2.75, 3.05) is 5.73 Å². The summed E-state index contributed by atoms with van der Waals surface area (Å²) in [6.45, 7) is 6.37. The van der Waals surface area contributed by atoms with Gasteiger partial charge in [0.25, 0.3) is 0 Å². The molecule has 26 heavy (non-hydrogen) atoms. The maximum Gasteiger partial charge on any atom is 0.164 e. The zero-order valence-electron chi connectivity index (χ0n) is 15.5. The fourth-order valence-corrected chi connectivity index (χ4v) is 3.83. The quantitative estimate of drug-likeness (QED) is 0.678. The maximum atomic E-state index is 6.42. The fourth-order valence-electron chi connectivity index (χ4n) is 3.71.